The summed E-state index contributed by atoms with van der Waals surface area (Å²) in [6.45, 7) is 0. The molecule has 4 aliphatic carbocycles. The van der Waals surface area contributed by atoms with Crippen LogP contribution in [-0.4, -0.2) is 9.97 Å². The third-order valence-electron chi connectivity index (χ3n) is 5.80. The molecule has 0 aromatic carbocycles. The quantitative estimate of drug-likeness (QED) is 0.814. The zero-order valence-electron chi connectivity index (χ0n) is 11.1. The Hall–Kier alpha value is -0.900. The molecule has 0 atom stereocenters. The van der Waals surface area contributed by atoms with E-state index in [1.165, 1.54) is 37.7 Å². The molecule has 3 nitrogen and oxygen atoms in total. The van der Waals surface area contributed by atoms with Gasteiger partial charge in [-0.15, -0.1) is 0 Å². The third kappa shape index (κ3) is 2.00. The smallest absolute Gasteiger partial charge is 0.198 e. The zero-order valence-corrected chi connectivity index (χ0v) is 12.0. The molecule has 1 aromatic heterocycles. The Kier molecular flexibility index (Phi) is 2.69. The minimum atomic E-state index is 0.492. The van der Waals surface area contributed by atoms with Crippen molar-refractivity contribution in [2.45, 2.75) is 38.5 Å². The maximum Gasteiger partial charge on any atom is 0.198 e. The van der Waals surface area contributed by atoms with Gasteiger partial charge in [0.15, 0.2) is 4.77 Å². The largest absolute Gasteiger partial charge is 0.385 e. The zero-order chi connectivity index (χ0) is 13.0. The van der Waals surface area contributed by atoms with Gasteiger partial charge >= 0.3 is 0 Å². The van der Waals surface area contributed by atoms with Crippen molar-refractivity contribution in [3.05, 3.63) is 16.5 Å². The molecule has 4 fully saturated rings. The highest BCUT2D eigenvalue weighted by Crippen LogP contribution is 2.57. The van der Waals surface area contributed by atoms with Crippen LogP contribution in [0.3, 0.4) is 0 Å². The van der Waals surface area contributed by atoms with E-state index in [4.69, 9.17) is 18.0 Å². The van der Waals surface area contributed by atoms with Crippen molar-refractivity contribution in [3.63, 3.8) is 0 Å². The second kappa shape index (κ2) is 4.30. The molecule has 1 aromatic rings. The first-order chi connectivity index (χ1) is 9.19. The van der Waals surface area contributed by atoms with Gasteiger partial charge in [0.2, 0.25) is 0 Å². The fourth-order valence-corrected chi connectivity index (χ4v) is 5.38. The molecular weight excluding hydrogens is 254 g/mol. The van der Waals surface area contributed by atoms with E-state index in [1.807, 2.05) is 6.20 Å². The summed E-state index contributed by atoms with van der Waals surface area (Å²) in [6.07, 6.45) is 10.4. The molecule has 19 heavy (non-hydrogen) atoms. The van der Waals surface area contributed by atoms with Crippen molar-refractivity contribution >= 4 is 18.0 Å². The SMILES string of the molecule is Nc1[nH]c(=S)ncc1CC1C2CC3CC(C2)CC1C3. The Morgan fingerprint density at radius 3 is 2.37 bits per heavy atom. The minimum Gasteiger partial charge on any atom is -0.385 e. The van der Waals surface area contributed by atoms with Gasteiger partial charge in [-0.05, 0) is 80.3 Å². The van der Waals surface area contributed by atoms with Gasteiger partial charge < -0.3 is 10.7 Å². The van der Waals surface area contributed by atoms with Gasteiger partial charge in [-0.25, -0.2) is 4.98 Å². The van der Waals surface area contributed by atoms with E-state index >= 15 is 0 Å². The number of nitrogens with zero attached hydrogens (tertiary/aromatic N) is 1. The predicted octanol–water partition coefficient (Wildman–Crippen LogP) is 3.34. The number of aromatic nitrogens is 2. The lowest BCUT2D eigenvalue weighted by molar-refractivity contribution is -0.0359. The van der Waals surface area contributed by atoms with Crippen molar-refractivity contribution in [3.8, 4) is 0 Å². The van der Waals surface area contributed by atoms with Crippen LogP contribution in [0.25, 0.3) is 0 Å². The van der Waals surface area contributed by atoms with Gasteiger partial charge in [-0.1, -0.05) is 0 Å². The normalized spacial score (nSPS) is 39.7. The van der Waals surface area contributed by atoms with E-state index in [2.05, 4.69) is 9.97 Å². The molecule has 0 unspecified atom stereocenters. The number of nitrogens with one attached hydrogen (secondary N) is 1. The number of anilines is 1. The molecule has 1 heterocycles. The second-order valence-electron chi connectivity index (χ2n) is 6.93. The Morgan fingerprint density at radius 2 is 1.79 bits per heavy atom. The Balaban J connectivity index is 1.58. The maximum absolute atomic E-state index is 6.06. The molecule has 0 spiro atoms. The monoisotopic (exact) mass is 275 g/mol. The summed E-state index contributed by atoms with van der Waals surface area (Å²) in [6, 6.07) is 0. The molecule has 102 valence electrons. The Labute approximate surface area is 119 Å². The highest BCUT2D eigenvalue weighted by Gasteiger charge is 2.47. The number of nitrogen functional groups attached to an aromatic ring is 1. The minimum absolute atomic E-state index is 0.492. The van der Waals surface area contributed by atoms with Crippen LogP contribution in [-0.2, 0) is 6.42 Å². The first-order valence-electron chi connectivity index (χ1n) is 7.52. The van der Waals surface area contributed by atoms with Gasteiger partial charge in [0.05, 0.1) is 0 Å². The van der Waals surface area contributed by atoms with Crippen LogP contribution in [0.1, 0.15) is 37.7 Å². The molecule has 0 radical (unpaired) electrons. The molecule has 4 aliphatic rings. The molecular formula is C15H21N3S. The summed E-state index contributed by atoms with van der Waals surface area (Å²) in [5, 5.41) is 0. The fraction of sp³-hybridized carbons (Fsp3) is 0.733. The van der Waals surface area contributed by atoms with Crippen LogP contribution in [0.5, 0.6) is 0 Å². The van der Waals surface area contributed by atoms with Crippen molar-refractivity contribution in [2.75, 3.05) is 5.73 Å². The number of aromatic amines is 1. The van der Waals surface area contributed by atoms with Crippen LogP contribution in [0.4, 0.5) is 5.82 Å². The van der Waals surface area contributed by atoms with E-state index in [-0.39, 0.29) is 0 Å². The van der Waals surface area contributed by atoms with Crippen molar-refractivity contribution in [1.82, 2.24) is 9.97 Å². The fourth-order valence-electron chi connectivity index (χ4n) is 5.22. The Bertz CT molecular complexity index is 523. The van der Waals surface area contributed by atoms with Crippen LogP contribution in [0, 0.1) is 34.4 Å². The van der Waals surface area contributed by atoms with Crippen LogP contribution < -0.4 is 5.73 Å². The van der Waals surface area contributed by atoms with Gasteiger partial charge in [0.1, 0.15) is 5.82 Å². The maximum atomic E-state index is 6.06. The summed E-state index contributed by atoms with van der Waals surface area (Å²) in [5.74, 6) is 5.53. The lowest BCUT2D eigenvalue weighted by Crippen LogP contribution is -2.45. The molecule has 4 bridgehead atoms. The summed E-state index contributed by atoms with van der Waals surface area (Å²) in [4.78, 5) is 7.20. The average molecular weight is 275 g/mol. The van der Waals surface area contributed by atoms with Gasteiger partial charge in [0, 0.05) is 11.8 Å². The van der Waals surface area contributed by atoms with E-state index in [1.54, 1.807) is 0 Å². The first kappa shape index (κ1) is 11.9. The summed E-state index contributed by atoms with van der Waals surface area (Å²) < 4.78 is 0.492. The second-order valence-corrected chi connectivity index (χ2v) is 7.31. The van der Waals surface area contributed by atoms with Crippen LogP contribution in [0.2, 0.25) is 0 Å². The predicted molar refractivity (Wildman–Crippen MR) is 78.1 cm³/mol. The van der Waals surface area contributed by atoms with Gasteiger partial charge in [0.25, 0.3) is 0 Å². The molecule has 0 amide bonds. The summed E-state index contributed by atoms with van der Waals surface area (Å²) in [7, 11) is 0. The molecule has 4 saturated carbocycles. The van der Waals surface area contributed by atoms with E-state index in [0.717, 1.165) is 41.8 Å². The van der Waals surface area contributed by atoms with Crippen LogP contribution >= 0.6 is 12.2 Å². The highest BCUT2D eigenvalue weighted by atomic mass is 32.1. The third-order valence-corrected chi connectivity index (χ3v) is 6.01. The highest BCUT2D eigenvalue weighted by molar-refractivity contribution is 7.71. The number of nitrogens with two attached hydrogens (primary N) is 1. The molecule has 0 saturated heterocycles. The molecule has 0 aliphatic heterocycles. The van der Waals surface area contributed by atoms with Crippen molar-refractivity contribution in [2.24, 2.45) is 29.6 Å². The van der Waals surface area contributed by atoms with Crippen molar-refractivity contribution < 1.29 is 0 Å². The van der Waals surface area contributed by atoms with Crippen molar-refractivity contribution in [1.29, 1.82) is 0 Å². The van der Waals surface area contributed by atoms with Crippen LogP contribution in [0.15, 0.2) is 6.20 Å². The summed E-state index contributed by atoms with van der Waals surface area (Å²) >= 11 is 5.02. The standard InChI is InChI=1S/C15H21N3S/c16-14-12(7-17-15(19)18-14)6-13-10-2-8-1-9(4-10)5-11(13)3-8/h7-11,13H,1-6H2,(H3,16,17,18,19). The number of H-pyrrole nitrogens is 1. The van der Waals surface area contributed by atoms with E-state index in [0.29, 0.717) is 4.77 Å². The number of rotatable bonds is 2. The average Bonchev–Trinajstić information content (AvgIpc) is 2.35. The molecule has 4 heteroatoms. The molecule has 3 N–H and O–H groups in total. The lowest BCUT2D eigenvalue weighted by Gasteiger charge is -2.54. The van der Waals surface area contributed by atoms with Gasteiger partial charge in [-0.2, -0.15) is 0 Å². The number of hydrogen-bond donors (Lipinski definition) is 2. The topological polar surface area (TPSA) is 54.7 Å². The first-order valence-corrected chi connectivity index (χ1v) is 7.93. The lowest BCUT2D eigenvalue weighted by atomic mass is 9.51. The number of hydrogen-bond acceptors (Lipinski definition) is 3. The van der Waals surface area contributed by atoms with Gasteiger partial charge in [-0.3, -0.25) is 0 Å². The van der Waals surface area contributed by atoms with E-state index in [9.17, 15) is 0 Å². The summed E-state index contributed by atoms with van der Waals surface area (Å²) in [5.41, 5.74) is 7.24. The molecule has 5 rings (SSSR count). The Morgan fingerprint density at radius 1 is 1.16 bits per heavy atom. The van der Waals surface area contributed by atoms with E-state index < -0.39 is 0 Å².